The van der Waals surface area contributed by atoms with E-state index < -0.39 is 0 Å². The molecule has 1 amide bonds. The van der Waals surface area contributed by atoms with Crippen molar-refractivity contribution in [3.8, 4) is 0 Å². The van der Waals surface area contributed by atoms with Crippen LogP contribution in [0.3, 0.4) is 0 Å². The Morgan fingerprint density at radius 3 is 2.57 bits per heavy atom. The van der Waals surface area contributed by atoms with Crippen molar-refractivity contribution >= 4 is 28.5 Å². The van der Waals surface area contributed by atoms with Gasteiger partial charge in [0.1, 0.15) is 0 Å². The number of aromatic nitrogens is 2. The van der Waals surface area contributed by atoms with Crippen LogP contribution in [0.25, 0.3) is 11.0 Å². The number of halogens is 1. The zero-order valence-electron chi connectivity index (χ0n) is 12.6. The normalized spacial score (nSPS) is 10.9. The van der Waals surface area contributed by atoms with Gasteiger partial charge in [0, 0.05) is 18.5 Å². The monoisotopic (exact) mass is 329 g/mol. The standard InChI is InChI=1S/C17H16ClN3O2/c1-11(22)19-9-12-2-4-13(5-3-12)10-21-16-8-14(18)6-7-15(16)20-17(21)23/h2-8H,9-10H2,1H3,(H,19,22)(H,20,23). The summed E-state index contributed by atoms with van der Waals surface area (Å²) in [5.41, 5.74) is 3.40. The number of carbonyl (C=O) groups excluding carboxylic acids is 1. The van der Waals surface area contributed by atoms with Gasteiger partial charge in [0.15, 0.2) is 0 Å². The van der Waals surface area contributed by atoms with E-state index in [1.54, 1.807) is 22.8 Å². The number of hydrogen-bond acceptors (Lipinski definition) is 2. The summed E-state index contributed by atoms with van der Waals surface area (Å²) in [6.45, 7) is 2.45. The molecule has 0 fully saturated rings. The summed E-state index contributed by atoms with van der Waals surface area (Å²) in [5.74, 6) is -0.0590. The number of rotatable bonds is 4. The van der Waals surface area contributed by atoms with Gasteiger partial charge in [-0.05, 0) is 29.3 Å². The van der Waals surface area contributed by atoms with Gasteiger partial charge in [0.05, 0.1) is 17.6 Å². The Morgan fingerprint density at radius 1 is 1.17 bits per heavy atom. The molecule has 0 unspecified atom stereocenters. The molecule has 1 aromatic heterocycles. The van der Waals surface area contributed by atoms with Crippen LogP contribution in [0, 0.1) is 0 Å². The predicted molar refractivity (Wildman–Crippen MR) is 90.6 cm³/mol. The van der Waals surface area contributed by atoms with E-state index in [-0.39, 0.29) is 11.6 Å². The predicted octanol–water partition coefficient (Wildman–Crippen LogP) is 2.67. The van der Waals surface area contributed by atoms with Crippen LogP contribution in [0.15, 0.2) is 47.3 Å². The Bertz CT molecular complexity index is 910. The zero-order chi connectivity index (χ0) is 16.4. The summed E-state index contributed by atoms with van der Waals surface area (Å²) in [6, 6.07) is 13.1. The molecule has 6 heteroatoms. The average Bonchev–Trinajstić information content (AvgIpc) is 2.82. The number of imidazole rings is 1. The van der Waals surface area contributed by atoms with Gasteiger partial charge in [0.2, 0.25) is 5.91 Å². The molecule has 0 bridgehead atoms. The van der Waals surface area contributed by atoms with E-state index in [1.165, 1.54) is 6.92 Å². The molecule has 3 aromatic rings. The molecule has 0 aliphatic carbocycles. The van der Waals surface area contributed by atoms with E-state index in [9.17, 15) is 9.59 Å². The van der Waals surface area contributed by atoms with E-state index >= 15 is 0 Å². The van der Waals surface area contributed by atoms with Crippen LogP contribution in [0.4, 0.5) is 0 Å². The number of benzene rings is 2. The Morgan fingerprint density at radius 2 is 1.87 bits per heavy atom. The van der Waals surface area contributed by atoms with Crippen molar-refractivity contribution in [1.82, 2.24) is 14.9 Å². The smallest absolute Gasteiger partial charge is 0.326 e. The van der Waals surface area contributed by atoms with Crippen LogP contribution in [0.2, 0.25) is 5.02 Å². The molecule has 0 aliphatic heterocycles. The van der Waals surface area contributed by atoms with Gasteiger partial charge in [-0.1, -0.05) is 35.9 Å². The lowest BCUT2D eigenvalue weighted by molar-refractivity contribution is -0.119. The van der Waals surface area contributed by atoms with Gasteiger partial charge < -0.3 is 10.3 Å². The van der Waals surface area contributed by atoms with Crippen molar-refractivity contribution in [1.29, 1.82) is 0 Å². The first-order valence-electron chi connectivity index (χ1n) is 7.23. The number of carbonyl (C=O) groups is 1. The molecular formula is C17H16ClN3O2. The zero-order valence-corrected chi connectivity index (χ0v) is 13.4. The summed E-state index contributed by atoms with van der Waals surface area (Å²) >= 11 is 6.02. The number of aromatic amines is 1. The van der Waals surface area contributed by atoms with E-state index in [1.807, 2.05) is 24.3 Å². The number of fused-ring (bicyclic) bond motifs is 1. The van der Waals surface area contributed by atoms with E-state index in [2.05, 4.69) is 10.3 Å². The maximum atomic E-state index is 12.1. The fourth-order valence-corrected chi connectivity index (χ4v) is 2.62. The second kappa shape index (κ2) is 6.30. The van der Waals surface area contributed by atoms with E-state index in [4.69, 9.17) is 11.6 Å². The first-order chi connectivity index (χ1) is 11.0. The summed E-state index contributed by atoms with van der Waals surface area (Å²) in [7, 11) is 0. The molecular weight excluding hydrogens is 314 g/mol. The highest BCUT2D eigenvalue weighted by Gasteiger charge is 2.08. The minimum absolute atomic E-state index is 0.0590. The van der Waals surface area contributed by atoms with Crippen LogP contribution in [0.5, 0.6) is 0 Å². The maximum Gasteiger partial charge on any atom is 0.326 e. The minimum atomic E-state index is -0.162. The molecule has 2 aromatic carbocycles. The molecule has 0 saturated heterocycles. The van der Waals surface area contributed by atoms with E-state index in [0.717, 1.165) is 22.2 Å². The highest BCUT2D eigenvalue weighted by Crippen LogP contribution is 2.17. The van der Waals surface area contributed by atoms with Gasteiger partial charge in [-0.15, -0.1) is 0 Å². The fourth-order valence-electron chi connectivity index (χ4n) is 2.45. The third-order valence-corrected chi connectivity index (χ3v) is 3.88. The quantitative estimate of drug-likeness (QED) is 0.772. The fraction of sp³-hybridized carbons (Fsp3) is 0.176. The van der Waals surface area contributed by atoms with Crippen LogP contribution in [-0.4, -0.2) is 15.5 Å². The molecule has 3 rings (SSSR count). The summed E-state index contributed by atoms with van der Waals surface area (Å²) in [4.78, 5) is 25.9. The third kappa shape index (κ3) is 3.46. The number of amides is 1. The molecule has 0 radical (unpaired) electrons. The van der Waals surface area contributed by atoms with Crippen LogP contribution in [-0.2, 0) is 17.9 Å². The number of hydrogen-bond donors (Lipinski definition) is 2. The highest BCUT2D eigenvalue weighted by molar-refractivity contribution is 6.31. The van der Waals surface area contributed by atoms with Crippen molar-refractivity contribution in [3.63, 3.8) is 0 Å². The SMILES string of the molecule is CC(=O)NCc1ccc(Cn2c(=O)[nH]c3ccc(Cl)cc32)cc1. The second-order valence-electron chi connectivity index (χ2n) is 5.40. The lowest BCUT2D eigenvalue weighted by atomic mass is 10.1. The Balaban J connectivity index is 1.84. The number of H-pyrrole nitrogens is 1. The van der Waals surface area contributed by atoms with Crippen LogP contribution < -0.4 is 11.0 Å². The van der Waals surface area contributed by atoms with Crippen molar-refractivity contribution in [3.05, 3.63) is 69.1 Å². The van der Waals surface area contributed by atoms with E-state index in [0.29, 0.717) is 18.1 Å². The molecule has 0 aliphatic rings. The molecule has 1 heterocycles. The largest absolute Gasteiger partial charge is 0.352 e. The molecule has 0 atom stereocenters. The molecule has 0 saturated carbocycles. The molecule has 2 N–H and O–H groups in total. The molecule has 118 valence electrons. The molecule has 5 nitrogen and oxygen atoms in total. The van der Waals surface area contributed by atoms with Crippen molar-refractivity contribution in [2.75, 3.05) is 0 Å². The van der Waals surface area contributed by atoms with Crippen molar-refractivity contribution in [2.24, 2.45) is 0 Å². The summed E-state index contributed by atoms with van der Waals surface area (Å²) in [6.07, 6.45) is 0. The summed E-state index contributed by atoms with van der Waals surface area (Å²) in [5, 5.41) is 3.35. The lowest BCUT2D eigenvalue weighted by Gasteiger charge is -2.06. The van der Waals surface area contributed by atoms with Crippen LogP contribution >= 0.6 is 11.6 Å². The first-order valence-corrected chi connectivity index (χ1v) is 7.61. The Hall–Kier alpha value is -2.53. The lowest BCUT2D eigenvalue weighted by Crippen LogP contribution is -2.19. The van der Waals surface area contributed by atoms with Crippen molar-refractivity contribution in [2.45, 2.75) is 20.0 Å². The van der Waals surface area contributed by atoms with Gasteiger partial charge >= 0.3 is 5.69 Å². The van der Waals surface area contributed by atoms with Gasteiger partial charge in [-0.2, -0.15) is 0 Å². The molecule has 23 heavy (non-hydrogen) atoms. The topological polar surface area (TPSA) is 66.9 Å². The Kier molecular flexibility index (Phi) is 4.21. The summed E-state index contributed by atoms with van der Waals surface area (Å²) < 4.78 is 1.66. The maximum absolute atomic E-state index is 12.1. The Labute approximate surface area is 137 Å². The first kappa shape index (κ1) is 15.4. The number of nitrogens with one attached hydrogen (secondary N) is 2. The molecule has 0 spiro atoms. The number of nitrogens with zero attached hydrogens (tertiary/aromatic N) is 1. The van der Waals surface area contributed by atoms with Gasteiger partial charge in [-0.25, -0.2) is 4.79 Å². The van der Waals surface area contributed by atoms with Crippen LogP contribution in [0.1, 0.15) is 18.1 Å². The minimum Gasteiger partial charge on any atom is -0.352 e. The average molecular weight is 330 g/mol. The second-order valence-corrected chi connectivity index (χ2v) is 5.84. The highest BCUT2D eigenvalue weighted by atomic mass is 35.5. The third-order valence-electron chi connectivity index (χ3n) is 3.64. The van der Waals surface area contributed by atoms with Crippen molar-refractivity contribution < 1.29 is 4.79 Å². The van der Waals surface area contributed by atoms with Gasteiger partial charge in [0.25, 0.3) is 0 Å². The van der Waals surface area contributed by atoms with Gasteiger partial charge in [-0.3, -0.25) is 9.36 Å².